The summed E-state index contributed by atoms with van der Waals surface area (Å²) in [5.41, 5.74) is 1.29. The van der Waals surface area contributed by atoms with Gasteiger partial charge in [-0.3, -0.25) is 0 Å². The third-order valence-corrected chi connectivity index (χ3v) is 3.29. The molecule has 0 amide bonds. The lowest BCUT2D eigenvalue weighted by atomic mass is 10.1. The number of aromatic amines is 1. The summed E-state index contributed by atoms with van der Waals surface area (Å²) in [4.78, 5) is 5.81. The van der Waals surface area contributed by atoms with Crippen LogP contribution in [0.25, 0.3) is 0 Å². The minimum absolute atomic E-state index is 0.449. The Bertz CT molecular complexity index is 277. The first-order chi connectivity index (χ1) is 7.90. The van der Waals surface area contributed by atoms with E-state index in [0.29, 0.717) is 6.04 Å². The molecule has 3 N–H and O–H groups in total. The summed E-state index contributed by atoms with van der Waals surface area (Å²) in [5.74, 6) is 0. The van der Waals surface area contributed by atoms with Gasteiger partial charge in [-0.15, -0.1) is 0 Å². The largest absolute Gasteiger partial charge is 0.364 e. The van der Waals surface area contributed by atoms with Gasteiger partial charge >= 0.3 is 0 Å². The van der Waals surface area contributed by atoms with Gasteiger partial charge in [0.1, 0.15) is 0 Å². The summed E-state index contributed by atoms with van der Waals surface area (Å²) in [6.45, 7) is 5.80. The number of rotatable bonds is 5. The smallest absolute Gasteiger partial charge is 0.0482 e. The van der Waals surface area contributed by atoms with E-state index in [1.165, 1.54) is 25.3 Å². The molecule has 1 aromatic heterocycles. The van der Waals surface area contributed by atoms with Crippen LogP contribution in [-0.2, 0) is 0 Å². The molecule has 16 heavy (non-hydrogen) atoms. The molecule has 4 nitrogen and oxygen atoms in total. The summed E-state index contributed by atoms with van der Waals surface area (Å²) < 4.78 is 0. The van der Waals surface area contributed by atoms with E-state index in [2.05, 4.69) is 32.7 Å². The fourth-order valence-corrected chi connectivity index (χ4v) is 2.26. The molecule has 1 atom stereocenters. The van der Waals surface area contributed by atoms with Crippen LogP contribution in [-0.4, -0.2) is 49.7 Å². The van der Waals surface area contributed by atoms with E-state index in [1.54, 1.807) is 0 Å². The number of aromatic nitrogens is 1. The zero-order valence-corrected chi connectivity index (χ0v) is 10.00. The lowest BCUT2D eigenvalue weighted by Gasteiger charge is -2.28. The van der Waals surface area contributed by atoms with Gasteiger partial charge in [0.2, 0.25) is 0 Å². The molecule has 1 fully saturated rings. The molecule has 0 radical (unpaired) electrons. The van der Waals surface area contributed by atoms with E-state index in [4.69, 9.17) is 0 Å². The molecule has 0 aromatic carbocycles. The molecular weight excluding hydrogens is 200 g/mol. The average molecular weight is 222 g/mol. The number of hydrogen-bond acceptors (Lipinski definition) is 3. The molecule has 0 spiro atoms. The van der Waals surface area contributed by atoms with Gasteiger partial charge in [0.15, 0.2) is 0 Å². The minimum atomic E-state index is 0.449. The summed E-state index contributed by atoms with van der Waals surface area (Å²) in [6.07, 6.45) is 3.15. The molecule has 0 bridgehead atoms. The first kappa shape index (κ1) is 11.6. The lowest BCUT2D eigenvalue weighted by molar-refractivity contribution is 0.229. The van der Waals surface area contributed by atoms with Crippen molar-refractivity contribution < 1.29 is 0 Å². The van der Waals surface area contributed by atoms with E-state index < -0.39 is 0 Å². The Balaban J connectivity index is 1.78. The number of nitrogens with zero attached hydrogens (tertiary/aromatic N) is 1. The van der Waals surface area contributed by atoms with Crippen LogP contribution in [0, 0.1) is 0 Å². The predicted octanol–water partition coefficient (Wildman–Crippen LogP) is 0.571. The molecule has 1 saturated heterocycles. The maximum atomic E-state index is 3.38. The lowest BCUT2D eigenvalue weighted by Crippen LogP contribution is -2.44. The van der Waals surface area contributed by atoms with Crippen molar-refractivity contribution in [1.82, 2.24) is 20.5 Å². The topological polar surface area (TPSA) is 43.1 Å². The Morgan fingerprint density at radius 1 is 1.44 bits per heavy atom. The van der Waals surface area contributed by atoms with Crippen molar-refractivity contribution in [1.29, 1.82) is 0 Å². The van der Waals surface area contributed by atoms with Gasteiger partial charge in [-0.1, -0.05) is 0 Å². The number of piperazine rings is 1. The first-order valence-electron chi connectivity index (χ1n) is 6.14. The van der Waals surface area contributed by atoms with E-state index in [9.17, 15) is 0 Å². The Morgan fingerprint density at radius 3 is 2.88 bits per heavy atom. The maximum Gasteiger partial charge on any atom is 0.0482 e. The van der Waals surface area contributed by atoms with Crippen molar-refractivity contribution >= 4 is 0 Å². The van der Waals surface area contributed by atoms with Gasteiger partial charge in [-0.05, 0) is 25.6 Å². The standard InChI is InChI=1S/C12H22N4/c1-13-11(12-3-2-5-15-12)4-8-16-9-6-14-7-10-16/h2-3,5,11,13-15H,4,6-10H2,1H3. The highest BCUT2D eigenvalue weighted by Crippen LogP contribution is 2.14. The third-order valence-electron chi connectivity index (χ3n) is 3.29. The molecule has 1 unspecified atom stereocenters. The summed E-state index contributed by atoms with van der Waals surface area (Å²) in [7, 11) is 2.03. The quantitative estimate of drug-likeness (QED) is 0.682. The predicted molar refractivity (Wildman–Crippen MR) is 66.5 cm³/mol. The molecule has 1 aromatic rings. The zero-order valence-electron chi connectivity index (χ0n) is 10.00. The molecule has 0 saturated carbocycles. The Hall–Kier alpha value is -0.840. The zero-order chi connectivity index (χ0) is 11.2. The number of hydrogen-bond donors (Lipinski definition) is 3. The van der Waals surface area contributed by atoms with Gasteiger partial charge in [0, 0.05) is 50.7 Å². The van der Waals surface area contributed by atoms with Crippen molar-refractivity contribution in [2.24, 2.45) is 0 Å². The van der Waals surface area contributed by atoms with Gasteiger partial charge in [-0.2, -0.15) is 0 Å². The van der Waals surface area contributed by atoms with Crippen molar-refractivity contribution in [3.8, 4) is 0 Å². The monoisotopic (exact) mass is 222 g/mol. The third kappa shape index (κ3) is 3.07. The van der Waals surface area contributed by atoms with Crippen molar-refractivity contribution in [2.75, 3.05) is 39.8 Å². The number of H-pyrrole nitrogens is 1. The van der Waals surface area contributed by atoms with Gasteiger partial charge in [-0.25, -0.2) is 0 Å². The highest BCUT2D eigenvalue weighted by Gasteiger charge is 2.14. The van der Waals surface area contributed by atoms with E-state index in [1.807, 2.05) is 13.2 Å². The van der Waals surface area contributed by atoms with Crippen LogP contribution in [0.4, 0.5) is 0 Å². The molecule has 1 aliphatic rings. The van der Waals surface area contributed by atoms with Crippen molar-refractivity contribution in [3.05, 3.63) is 24.0 Å². The molecule has 4 heteroatoms. The Labute approximate surface area is 97.4 Å². The van der Waals surface area contributed by atoms with E-state index in [0.717, 1.165) is 19.5 Å². The summed E-state index contributed by atoms with van der Waals surface area (Å²) in [6, 6.07) is 4.66. The van der Waals surface area contributed by atoms with Crippen LogP contribution in [0.5, 0.6) is 0 Å². The number of nitrogens with one attached hydrogen (secondary N) is 3. The normalized spacial score (nSPS) is 19.8. The fourth-order valence-electron chi connectivity index (χ4n) is 2.26. The maximum absolute atomic E-state index is 3.38. The second-order valence-electron chi connectivity index (χ2n) is 4.35. The average Bonchev–Trinajstić information content (AvgIpc) is 2.85. The fraction of sp³-hybridized carbons (Fsp3) is 0.667. The van der Waals surface area contributed by atoms with Gasteiger partial charge < -0.3 is 20.5 Å². The Morgan fingerprint density at radius 2 is 2.25 bits per heavy atom. The van der Waals surface area contributed by atoms with Crippen LogP contribution < -0.4 is 10.6 Å². The molecule has 0 aliphatic carbocycles. The van der Waals surface area contributed by atoms with Crippen LogP contribution in [0.2, 0.25) is 0 Å². The van der Waals surface area contributed by atoms with Crippen molar-refractivity contribution in [2.45, 2.75) is 12.5 Å². The Kier molecular flexibility index (Phi) is 4.39. The molecule has 1 aliphatic heterocycles. The SMILES string of the molecule is CNC(CCN1CCNCC1)c1ccc[nH]1. The summed E-state index contributed by atoms with van der Waals surface area (Å²) in [5, 5.41) is 6.75. The highest BCUT2D eigenvalue weighted by molar-refractivity contribution is 5.08. The van der Waals surface area contributed by atoms with Crippen LogP contribution in [0.1, 0.15) is 18.2 Å². The van der Waals surface area contributed by atoms with Gasteiger partial charge in [0.25, 0.3) is 0 Å². The second kappa shape index (κ2) is 6.03. The molecule has 90 valence electrons. The van der Waals surface area contributed by atoms with E-state index >= 15 is 0 Å². The second-order valence-corrected chi connectivity index (χ2v) is 4.35. The van der Waals surface area contributed by atoms with Crippen LogP contribution >= 0.6 is 0 Å². The molecule has 2 rings (SSSR count). The van der Waals surface area contributed by atoms with Crippen LogP contribution in [0.3, 0.4) is 0 Å². The van der Waals surface area contributed by atoms with Crippen LogP contribution in [0.15, 0.2) is 18.3 Å². The van der Waals surface area contributed by atoms with Gasteiger partial charge in [0.05, 0.1) is 0 Å². The first-order valence-corrected chi connectivity index (χ1v) is 6.14. The minimum Gasteiger partial charge on any atom is -0.364 e. The highest BCUT2D eigenvalue weighted by atomic mass is 15.2. The molecular formula is C12H22N4. The van der Waals surface area contributed by atoms with E-state index in [-0.39, 0.29) is 0 Å². The summed E-state index contributed by atoms with van der Waals surface area (Å²) >= 11 is 0. The molecule has 2 heterocycles. The van der Waals surface area contributed by atoms with Crippen molar-refractivity contribution in [3.63, 3.8) is 0 Å².